The third-order valence-electron chi connectivity index (χ3n) is 3.90. The van der Waals surface area contributed by atoms with Gasteiger partial charge >= 0.3 is 0 Å². The molecule has 0 fully saturated rings. The maximum Gasteiger partial charge on any atom is 0.257 e. The number of benzene rings is 2. The summed E-state index contributed by atoms with van der Waals surface area (Å²) in [6, 6.07) is 17.2. The van der Waals surface area contributed by atoms with E-state index in [1.807, 2.05) is 18.2 Å². The molecule has 25 heavy (non-hydrogen) atoms. The Morgan fingerprint density at radius 2 is 1.96 bits per heavy atom. The number of nitrogens with one attached hydrogen (secondary N) is 1. The summed E-state index contributed by atoms with van der Waals surface area (Å²) >= 11 is 1.41. The smallest absolute Gasteiger partial charge is 0.257 e. The molecule has 0 saturated heterocycles. The Labute approximate surface area is 150 Å². The van der Waals surface area contributed by atoms with Gasteiger partial charge in [0.25, 0.3) is 5.91 Å². The van der Waals surface area contributed by atoms with E-state index in [4.69, 9.17) is 4.74 Å². The van der Waals surface area contributed by atoms with Gasteiger partial charge in [0.05, 0.1) is 7.11 Å². The van der Waals surface area contributed by atoms with Crippen molar-refractivity contribution in [3.05, 3.63) is 70.7 Å². The molecule has 5 nitrogen and oxygen atoms in total. The molecule has 1 heterocycles. The molecule has 0 saturated carbocycles. The van der Waals surface area contributed by atoms with Crippen LogP contribution in [0.3, 0.4) is 0 Å². The summed E-state index contributed by atoms with van der Waals surface area (Å²) in [4.78, 5) is 12.4. The lowest BCUT2D eigenvalue weighted by Gasteiger charge is -2.11. The number of hydrogen-bond donors (Lipinski definition) is 1. The summed E-state index contributed by atoms with van der Waals surface area (Å²) in [5, 5.41) is 12.6. The van der Waals surface area contributed by atoms with Crippen molar-refractivity contribution < 1.29 is 9.53 Å². The van der Waals surface area contributed by atoms with E-state index in [0.717, 1.165) is 11.4 Å². The fraction of sp³-hybridized carbons (Fsp3) is 0.211. The van der Waals surface area contributed by atoms with Crippen molar-refractivity contribution in [3.8, 4) is 5.75 Å². The van der Waals surface area contributed by atoms with Gasteiger partial charge < -0.3 is 4.74 Å². The molecule has 0 bridgehead atoms. The number of rotatable bonds is 6. The van der Waals surface area contributed by atoms with E-state index >= 15 is 0 Å². The highest BCUT2D eigenvalue weighted by Gasteiger charge is 2.18. The summed E-state index contributed by atoms with van der Waals surface area (Å²) < 4.78 is 5.15. The number of hydrogen-bond acceptors (Lipinski definition) is 5. The van der Waals surface area contributed by atoms with E-state index in [-0.39, 0.29) is 11.8 Å². The zero-order valence-corrected chi connectivity index (χ0v) is 14.9. The minimum Gasteiger partial charge on any atom is -0.497 e. The minimum atomic E-state index is -0.227. The monoisotopic (exact) mass is 353 g/mol. The summed E-state index contributed by atoms with van der Waals surface area (Å²) in [5.41, 5.74) is 1.72. The van der Waals surface area contributed by atoms with Crippen LogP contribution in [0.4, 0.5) is 5.13 Å². The summed E-state index contributed by atoms with van der Waals surface area (Å²) in [5.74, 6) is 0.594. The molecule has 0 unspecified atom stereocenters. The molecular weight excluding hydrogens is 334 g/mol. The second-order valence-electron chi connectivity index (χ2n) is 5.50. The molecule has 128 valence electrons. The van der Waals surface area contributed by atoms with Crippen LogP contribution in [0.1, 0.15) is 40.2 Å². The van der Waals surface area contributed by atoms with Gasteiger partial charge in [-0.2, -0.15) is 0 Å². The first-order valence-corrected chi connectivity index (χ1v) is 8.86. The molecule has 0 spiro atoms. The number of methoxy groups -OCH3 is 1. The van der Waals surface area contributed by atoms with Gasteiger partial charge in [-0.05, 0) is 30.2 Å². The Balaban J connectivity index is 1.75. The van der Waals surface area contributed by atoms with Crippen LogP contribution < -0.4 is 10.1 Å². The maximum atomic E-state index is 12.4. The number of ether oxygens (including phenoxy) is 1. The SMILES string of the molecule is CC[C@H](c1ccccc1)c1nnc(NC(=O)c2cccc(OC)c2)s1. The van der Waals surface area contributed by atoms with E-state index in [1.165, 1.54) is 16.9 Å². The molecule has 1 N–H and O–H groups in total. The van der Waals surface area contributed by atoms with Gasteiger partial charge in [-0.25, -0.2) is 0 Å². The Hall–Kier alpha value is -2.73. The number of carbonyl (C=O) groups excluding carboxylic acids is 1. The third kappa shape index (κ3) is 4.03. The predicted octanol–water partition coefficient (Wildman–Crippen LogP) is 4.34. The van der Waals surface area contributed by atoms with Crippen LogP contribution in [0.25, 0.3) is 0 Å². The fourth-order valence-electron chi connectivity index (χ4n) is 2.60. The molecule has 0 radical (unpaired) electrons. The van der Waals surface area contributed by atoms with Crippen molar-refractivity contribution in [2.45, 2.75) is 19.3 Å². The van der Waals surface area contributed by atoms with Gasteiger partial charge in [0, 0.05) is 11.5 Å². The van der Waals surface area contributed by atoms with Crippen LogP contribution in [0.15, 0.2) is 54.6 Å². The van der Waals surface area contributed by atoms with Gasteiger partial charge in [0.15, 0.2) is 0 Å². The number of anilines is 1. The largest absolute Gasteiger partial charge is 0.497 e. The predicted molar refractivity (Wildman–Crippen MR) is 99.4 cm³/mol. The lowest BCUT2D eigenvalue weighted by Crippen LogP contribution is -2.11. The van der Waals surface area contributed by atoms with Crippen molar-refractivity contribution in [1.29, 1.82) is 0 Å². The summed E-state index contributed by atoms with van der Waals surface area (Å²) in [6.07, 6.45) is 0.919. The van der Waals surface area contributed by atoms with Gasteiger partial charge in [-0.1, -0.05) is 54.7 Å². The van der Waals surface area contributed by atoms with E-state index in [9.17, 15) is 4.79 Å². The quantitative estimate of drug-likeness (QED) is 0.716. The van der Waals surface area contributed by atoms with Gasteiger partial charge in [0.2, 0.25) is 5.13 Å². The molecule has 3 aromatic rings. The van der Waals surface area contributed by atoms with Crippen molar-refractivity contribution in [1.82, 2.24) is 10.2 Å². The van der Waals surface area contributed by atoms with Crippen molar-refractivity contribution in [2.24, 2.45) is 0 Å². The lowest BCUT2D eigenvalue weighted by molar-refractivity contribution is 0.102. The first-order valence-electron chi connectivity index (χ1n) is 8.05. The van der Waals surface area contributed by atoms with Gasteiger partial charge in [0.1, 0.15) is 10.8 Å². The van der Waals surface area contributed by atoms with E-state index in [1.54, 1.807) is 31.4 Å². The van der Waals surface area contributed by atoms with E-state index in [2.05, 4.69) is 34.6 Å². The van der Waals surface area contributed by atoms with E-state index < -0.39 is 0 Å². The maximum absolute atomic E-state index is 12.4. The zero-order chi connectivity index (χ0) is 17.6. The second-order valence-corrected chi connectivity index (χ2v) is 6.51. The minimum absolute atomic E-state index is 0.182. The Kier molecular flexibility index (Phi) is 5.40. The molecule has 0 aliphatic rings. The number of amides is 1. The van der Waals surface area contributed by atoms with Crippen molar-refractivity contribution in [2.75, 3.05) is 12.4 Å². The Morgan fingerprint density at radius 1 is 1.16 bits per heavy atom. The molecule has 1 atom stereocenters. The first-order chi connectivity index (χ1) is 12.2. The average Bonchev–Trinajstić information content (AvgIpc) is 3.11. The zero-order valence-electron chi connectivity index (χ0n) is 14.1. The average molecular weight is 353 g/mol. The third-order valence-corrected chi connectivity index (χ3v) is 4.85. The molecule has 6 heteroatoms. The van der Waals surface area contributed by atoms with Crippen LogP contribution in [-0.2, 0) is 0 Å². The van der Waals surface area contributed by atoms with Crippen LogP contribution in [0.5, 0.6) is 5.75 Å². The highest BCUT2D eigenvalue weighted by Crippen LogP contribution is 2.31. The second kappa shape index (κ2) is 7.90. The van der Waals surface area contributed by atoms with Gasteiger partial charge in [-0.15, -0.1) is 10.2 Å². The highest BCUT2D eigenvalue weighted by molar-refractivity contribution is 7.15. The summed E-state index contributed by atoms with van der Waals surface area (Å²) in [6.45, 7) is 2.12. The number of aromatic nitrogens is 2. The van der Waals surface area contributed by atoms with Crippen LogP contribution in [0.2, 0.25) is 0 Å². The van der Waals surface area contributed by atoms with Crippen LogP contribution >= 0.6 is 11.3 Å². The molecule has 2 aromatic carbocycles. The molecule has 1 aromatic heterocycles. The van der Waals surface area contributed by atoms with Crippen LogP contribution in [-0.4, -0.2) is 23.2 Å². The highest BCUT2D eigenvalue weighted by atomic mass is 32.1. The normalized spacial score (nSPS) is 11.8. The molecule has 0 aliphatic carbocycles. The number of carbonyl (C=O) groups is 1. The lowest BCUT2D eigenvalue weighted by atomic mass is 9.97. The standard InChI is InChI=1S/C19H19N3O2S/c1-3-16(13-8-5-4-6-9-13)18-21-22-19(25-18)20-17(23)14-10-7-11-15(12-14)24-2/h4-12,16H,3H2,1-2H3,(H,20,22,23)/t16-/m1/s1. The Morgan fingerprint density at radius 3 is 2.68 bits per heavy atom. The molecular formula is C19H19N3O2S. The fourth-order valence-corrected chi connectivity index (χ4v) is 3.55. The topological polar surface area (TPSA) is 64.1 Å². The summed E-state index contributed by atoms with van der Waals surface area (Å²) in [7, 11) is 1.57. The molecule has 0 aliphatic heterocycles. The molecule has 1 amide bonds. The Bertz CT molecular complexity index is 849. The van der Waals surface area contributed by atoms with Crippen LogP contribution in [0, 0.1) is 0 Å². The number of nitrogens with zero attached hydrogens (tertiary/aromatic N) is 2. The van der Waals surface area contributed by atoms with Crippen molar-refractivity contribution >= 4 is 22.4 Å². The first kappa shape index (κ1) is 17.1. The molecule has 3 rings (SSSR count). The van der Waals surface area contributed by atoms with Crippen molar-refractivity contribution in [3.63, 3.8) is 0 Å². The van der Waals surface area contributed by atoms with E-state index in [0.29, 0.717) is 16.4 Å². The van der Waals surface area contributed by atoms with Gasteiger partial charge in [-0.3, -0.25) is 10.1 Å².